The fourth-order valence-corrected chi connectivity index (χ4v) is 2.61. The summed E-state index contributed by atoms with van der Waals surface area (Å²) in [5, 5.41) is 22.9. The van der Waals surface area contributed by atoms with Crippen molar-refractivity contribution in [1.82, 2.24) is 10.3 Å². The van der Waals surface area contributed by atoms with Gasteiger partial charge in [0.2, 0.25) is 0 Å². The summed E-state index contributed by atoms with van der Waals surface area (Å²) in [5.74, 6) is -1.25. The molecule has 0 radical (unpaired) electrons. The Labute approximate surface area is 173 Å². The van der Waals surface area contributed by atoms with Crippen molar-refractivity contribution >= 4 is 17.7 Å². The molecule has 2 rings (SSSR count). The number of aryl methyl sites for hydroxylation is 1. The quantitative estimate of drug-likeness (QED) is 0.510. The zero-order valence-electron chi connectivity index (χ0n) is 16.9. The van der Waals surface area contributed by atoms with Gasteiger partial charge in [-0.15, -0.1) is 0 Å². The predicted molar refractivity (Wildman–Crippen MR) is 110 cm³/mol. The van der Waals surface area contributed by atoms with Gasteiger partial charge in [0.05, 0.1) is 10.5 Å². The van der Waals surface area contributed by atoms with Crippen molar-refractivity contribution in [3.05, 3.63) is 70.2 Å². The van der Waals surface area contributed by atoms with Crippen LogP contribution in [0.1, 0.15) is 43.2 Å². The van der Waals surface area contributed by atoms with Crippen molar-refractivity contribution < 1.29 is 24.4 Å². The Kier molecular flexibility index (Phi) is 7.24. The molecule has 0 aliphatic heterocycles. The number of carboxylic acid groups (broad SMARTS) is 1. The highest BCUT2D eigenvalue weighted by molar-refractivity contribution is 5.96. The number of carbonyl (C=O) groups excluding carboxylic acids is 1. The number of nitro benzene ring substituents is 1. The number of aromatic nitrogens is 1. The van der Waals surface area contributed by atoms with Crippen LogP contribution < -0.4 is 5.32 Å². The molecule has 9 heteroatoms. The molecule has 1 amide bonds. The maximum atomic E-state index is 11.6. The zero-order chi connectivity index (χ0) is 22.3. The number of non-ortho nitro benzene ring substituents is 1. The van der Waals surface area contributed by atoms with Crippen molar-refractivity contribution in [3.63, 3.8) is 0 Å². The van der Waals surface area contributed by atoms with Crippen LogP contribution in [0.3, 0.4) is 0 Å². The third kappa shape index (κ3) is 6.69. The summed E-state index contributed by atoms with van der Waals surface area (Å²) in [6.07, 6.45) is 5.40. The number of nitrogens with one attached hydrogen (secondary N) is 1. The maximum absolute atomic E-state index is 11.6. The van der Waals surface area contributed by atoms with Gasteiger partial charge in [0.15, 0.2) is 0 Å². The Morgan fingerprint density at radius 1 is 1.27 bits per heavy atom. The average molecular weight is 413 g/mol. The van der Waals surface area contributed by atoms with E-state index in [0.717, 1.165) is 6.07 Å². The number of rotatable bonds is 7. The highest BCUT2D eigenvalue weighted by Crippen LogP contribution is 2.28. The number of nitrogens with zero attached hydrogens (tertiary/aromatic N) is 2. The minimum Gasteiger partial charge on any atom is -0.478 e. The van der Waals surface area contributed by atoms with Crippen LogP contribution in [0.5, 0.6) is 0 Å². The lowest BCUT2D eigenvalue weighted by atomic mass is 9.98. The largest absolute Gasteiger partial charge is 0.478 e. The van der Waals surface area contributed by atoms with Crippen molar-refractivity contribution in [2.24, 2.45) is 0 Å². The van der Waals surface area contributed by atoms with E-state index in [1.807, 2.05) is 0 Å². The van der Waals surface area contributed by atoms with Gasteiger partial charge in [-0.05, 0) is 62.9 Å². The molecular formula is C21H23N3O6. The van der Waals surface area contributed by atoms with Gasteiger partial charge in [-0.1, -0.05) is 6.08 Å². The first kappa shape index (κ1) is 22.5. The summed E-state index contributed by atoms with van der Waals surface area (Å²) >= 11 is 0. The number of hydrogen-bond donors (Lipinski definition) is 2. The first-order chi connectivity index (χ1) is 14.1. The minimum absolute atomic E-state index is 0.150. The fraction of sp³-hybridized carbons (Fsp3) is 0.286. The third-order valence-electron chi connectivity index (χ3n) is 3.86. The van der Waals surface area contributed by atoms with E-state index in [1.165, 1.54) is 18.3 Å². The van der Waals surface area contributed by atoms with Crippen LogP contribution in [0.2, 0.25) is 0 Å². The number of alkyl carbamates (subject to hydrolysis) is 1. The van der Waals surface area contributed by atoms with E-state index >= 15 is 0 Å². The van der Waals surface area contributed by atoms with Crippen molar-refractivity contribution in [1.29, 1.82) is 0 Å². The van der Waals surface area contributed by atoms with Crippen LogP contribution in [0.4, 0.5) is 10.5 Å². The monoisotopic (exact) mass is 413 g/mol. The predicted octanol–water partition coefficient (Wildman–Crippen LogP) is 4.33. The Balaban J connectivity index is 2.07. The summed E-state index contributed by atoms with van der Waals surface area (Å²) in [7, 11) is 0. The number of nitro groups is 1. The van der Waals surface area contributed by atoms with Gasteiger partial charge >= 0.3 is 12.1 Å². The number of allylic oxidation sites excluding steroid dienone is 1. The second-order valence-corrected chi connectivity index (χ2v) is 7.42. The van der Waals surface area contributed by atoms with Gasteiger partial charge in [0.1, 0.15) is 5.60 Å². The highest BCUT2D eigenvalue weighted by Gasteiger charge is 2.17. The molecule has 9 nitrogen and oxygen atoms in total. The third-order valence-corrected chi connectivity index (χ3v) is 3.86. The van der Waals surface area contributed by atoms with Crippen molar-refractivity contribution in [3.8, 4) is 11.1 Å². The van der Waals surface area contributed by atoms with Crippen LogP contribution >= 0.6 is 0 Å². The molecule has 0 bridgehead atoms. The lowest BCUT2D eigenvalue weighted by Crippen LogP contribution is -2.29. The van der Waals surface area contributed by atoms with Gasteiger partial charge < -0.3 is 9.84 Å². The van der Waals surface area contributed by atoms with E-state index in [0.29, 0.717) is 29.7 Å². The van der Waals surface area contributed by atoms with Gasteiger partial charge in [-0.2, -0.15) is 0 Å². The summed E-state index contributed by atoms with van der Waals surface area (Å²) in [6, 6.07) is 7.13. The molecule has 0 aliphatic carbocycles. The molecule has 1 aromatic carbocycles. The number of aromatic carboxylic acids is 1. The molecule has 30 heavy (non-hydrogen) atoms. The molecule has 0 saturated heterocycles. The molecular weight excluding hydrogens is 390 g/mol. The van der Waals surface area contributed by atoms with E-state index in [-0.39, 0.29) is 11.3 Å². The lowest BCUT2D eigenvalue weighted by Gasteiger charge is -2.18. The van der Waals surface area contributed by atoms with Gasteiger partial charge in [-0.25, -0.2) is 9.59 Å². The molecule has 2 aromatic rings. The lowest BCUT2D eigenvalue weighted by molar-refractivity contribution is -0.384. The first-order valence-electron chi connectivity index (χ1n) is 9.18. The van der Waals surface area contributed by atoms with Crippen molar-refractivity contribution in [2.75, 3.05) is 0 Å². The number of carboxylic acids is 1. The Morgan fingerprint density at radius 2 is 2.00 bits per heavy atom. The smallest absolute Gasteiger partial charge is 0.411 e. The van der Waals surface area contributed by atoms with Crippen LogP contribution in [-0.4, -0.2) is 32.7 Å². The summed E-state index contributed by atoms with van der Waals surface area (Å²) < 4.78 is 5.12. The summed E-state index contributed by atoms with van der Waals surface area (Å²) in [6.45, 7) is 5.32. The molecule has 0 atom stereocenters. The van der Waals surface area contributed by atoms with Gasteiger partial charge in [0.25, 0.3) is 5.69 Å². The number of amides is 1. The van der Waals surface area contributed by atoms with E-state index in [2.05, 4.69) is 10.3 Å². The summed E-state index contributed by atoms with van der Waals surface area (Å²) in [4.78, 5) is 37.7. The van der Waals surface area contributed by atoms with E-state index in [4.69, 9.17) is 4.74 Å². The molecule has 0 spiro atoms. The van der Waals surface area contributed by atoms with E-state index in [9.17, 15) is 24.8 Å². The van der Waals surface area contributed by atoms with Crippen LogP contribution in [0.25, 0.3) is 11.1 Å². The van der Waals surface area contributed by atoms with Gasteiger partial charge in [-0.3, -0.25) is 20.4 Å². The molecule has 1 aromatic heterocycles. The van der Waals surface area contributed by atoms with Crippen LogP contribution in [0.15, 0.2) is 48.8 Å². The maximum Gasteiger partial charge on any atom is 0.411 e. The number of ether oxygens (including phenoxy) is 1. The highest BCUT2D eigenvalue weighted by atomic mass is 16.6. The molecule has 1 heterocycles. The van der Waals surface area contributed by atoms with E-state index in [1.54, 1.807) is 45.2 Å². The topological polar surface area (TPSA) is 132 Å². The number of benzene rings is 1. The zero-order valence-corrected chi connectivity index (χ0v) is 16.9. The Hall–Kier alpha value is -3.75. The second-order valence-electron chi connectivity index (χ2n) is 7.42. The SMILES string of the molecule is CC(C)(C)OC(=O)NC=CCCc1cc(-c2ccc([N+](=O)[O-])cc2C(=O)O)ccn1. The molecule has 2 N–H and O–H groups in total. The molecule has 0 unspecified atom stereocenters. The molecule has 0 saturated carbocycles. The second kappa shape index (κ2) is 9.64. The Morgan fingerprint density at radius 3 is 2.63 bits per heavy atom. The van der Waals surface area contributed by atoms with Crippen molar-refractivity contribution in [2.45, 2.75) is 39.2 Å². The number of carbonyl (C=O) groups is 2. The normalized spacial score (nSPS) is 11.3. The fourth-order valence-electron chi connectivity index (χ4n) is 2.61. The summed E-state index contributed by atoms with van der Waals surface area (Å²) in [5.41, 5.74) is 0.677. The van der Waals surface area contributed by atoms with Gasteiger partial charge in [0, 0.05) is 30.2 Å². The Bertz CT molecular complexity index is 979. The molecule has 158 valence electrons. The average Bonchev–Trinajstić information content (AvgIpc) is 2.66. The number of hydrogen-bond acceptors (Lipinski definition) is 6. The molecule has 0 aliphatic rings. The number of pyridine rings is 1. The molecule has 0 fully saturated rings. The van der Waals surface area contributed by atoms with Crippen LogP contribution in [0, 0.1) is 10.1 Å². The van der Waals surface area contributed by atoms with E-state index < -0.39 is 22.6 Å². The standard InChI is InChI=1S/C21H23N3O6/c1-21(2,3)30-20(27)23-10-5-4-6-15-12-14(9-11-22-15)17-8-7-16(24(28)29)13-18(17)19(25)26/h5,7-13H,4,6H2,1-3H3,(H,23,27)(H,25,26). The van der Waals surface area contributed by atoms with Crippen LogP contribution in [-0.2, 0) is 11.2 Å². The first-order valence-corrected chi connectivity index (χ1v) is 9.18. The minimum atomic E-state index is -1.25.